The first kappa shape index (κ1) is 57.5. The van der Waals surface area contributed by atoms with Crippen molar-refractivity contribution < 1.29 is 66.7 Å². The Bertz CT molecular complexity index is 1350. The fourth-order valence-corrected chi connectivity index (χ4v) is 6.50. The van der Waals surface area contributed by atoms with Crippen molar-refractivity contribution in [1.29, 1.82) is 0 Å². The summed E-state index contributed by atoms with van der Waals surface area (Å²) in [6, 6.07) is 0. The average molecular weight is 891 g/mol. The molecule has 0 saturated carbocycles. The van der Waals surface area contributed by atoms with Gasteiger partial charge in [0.25, 0.3) is 0 Å². The molecule has 0 radical (unpaired) electrons. The van der Waals surface area contributed by atoms with Crippen LogP contribution in [0.2, 0.25) is 0 Å². The zero-order valence-electron chi connectivity index (χ0n) is 36.1. The molecule has 60 heavy (non-hydrogen) atoms. The lowest BCUT2D eigenvalue weighted by Gasteiger charge is -2.20. The number of hydrogen-bond donors (Lipinski definition) is 5. The summed E-state index contributed by atoms with van der Waals surface area (Å²) in [4.78, 5) is 52.7. The quantitative estimate of drug-likeness (QED) is 0.0127. The molecule has 0 fully saturated rings. The molecule has 14 nitrogen and oxygen atoms in total. The van der Waals surface area contributed by atoms with Crippen LogP contribution in [0.4, 0.5) is 0 Å². The second-order valence-corrected chi connectivity index (χ2v) is 17.1. The lowest BCUT2D eigenvalue weighted by atomic mass is 10.1. The van der Waals surface area contributed by atoms with E-state index in [-0.39, 0.29) is 12.8 Å². The van der Waals surface area contributed by atoms with Gasteiger partial charge in [-0.15, -0.1) is 0 Å². The number of hydrogen-bond acceptors (Lipinski definition) is 11. The van der Waals surface area contributed by atoms with Crippen molar-refractivity contribution in [3.05, 3.63) is 72.9 Å². The maximum absolute atomic E-state index is 12.6. The molecular formula is C44H76O14P2. The van der Waals surface area contributed by atoms with E-state index < -0.39 is 72.3 Å². The van der Waals surface area contributed by atoms with Crippen molar-refractivity contribution in [2.75, 3.05) is 26.4 Å². The fraction of sp³-hybridized carbons (Fsp3) is 0.682. The highest BCUT2D eigenvalue weighted by atomic mass is 31.2. The highest BCUT2D eigenvalue weighted by molar-refractivity contribution is 7.47. The van der Waals surface area contributed by atoms with Crippen molar-refractivity contribution in [1.82, 2.24) is 0 Å². The van der Waals surface area contributed by atoms with E-state index in [1.165, 1.54) is 44.9 Å². The molecule has 0 amide bonds. The van der Waals surface area contributed by atoms with Crippen LogP contribution in [0.1, 0.15) is 149 Å². The third-order valence-corrected chi connectivity index (χ3v) is 10.1. The molecule has 0 saturated heterocycles. The molecule has 0 spiro atoms. The number of allylic oxidation sites excluding steroid dienone is 10. The third-order valence-electron chi connectivity index (χ3n) is 8.65. The number of carbonyl (C=O) groups is 2. The van der Waals surface area contributed by atoms with Crippen LogP contribution in [-0.2, 0) is 41.8 Å². The van der Waals surface area contributed by atoms with Crippen molar-refractivity contribution >= 4 is 27.6 Å². The van der Waals surface area contributed by atoms with Crippen LogP contribution in [0.5, 0.6) is 0 Å². The van der Waals surface area contributed by atoms with Crippen molar-refractivity contribution in [2.24, 2.45) is 0 Å². The van der Waals surface area contributed by atoms with Gasteiger partial charge in [-0.05, 0) is 70.6 Å². The molecule has 0 aliphatic heterocycles. The summed E-state index contributed by atoms with van der Waals surface area (Å²) in [7, 11) is -9.72. The van der Waals surface area contributed by atoms with Gasteiger partial charge in [0.15, 0.2) is 6.10 Å². The number of carbonyl (C=O) groups excluding carboxylic acids is 2. The number of rotatable bonds is 40. The smallest absolute Gasteiger partial charge is 0.462 e. The van der Waals surface area contributed by atoms with Gasteiger partial charge in [0.2, 0.25) is 0 Å². The van der Waals surface area contributed by atoms with Gasteiger partial charge in [-0.25, -0.2) is 9.13 Å². The van der Waals surface area contributed by atoms with E-state index in [1.807, 2.05) is 36.5 Å². The molecule has 0 aromatic carbocycles. The van der Waals surface area contributed by atoms with Crippen LogP contribution in [0, 0.1) is 0 Å². The predicted octanol–water partition coefficient (Wildman–Crippen LogP) is 9.98. The minimum atomic E-state index is -4.88. The van der Waals surface area contributed by atoms with Gasteiger partial charge in [0, 0.05) is 12.8 Å². The number of phosphoric ester groups is 2. The Labute approximate surface area is 359 Å². The Morgan fingerprint density at radius 2 is 1.12 bits per heavy atom. The molecular weight excluding hydrogens is 814 g/mol. The van der Waals surface area contributed by atoms with Gasteiger partial charge in [-0.3, -0.25) is 23.2 Å². The van der Waals surface area contributed by atoms with Gasteiger partial charge >= 0.3 is 27.6 Å². The van der Waals surface area contributed by atoms with Crippen LogP contribution in [-0.4, -0.2) is 81.6 Å². The Kier molecular flexibility index (Phi) is 37.7. The zero-order valence-corrected chi connectivity index (χ0v) is 37.9. The van der Waals surface area contributed by atoms with Gasteiger partial charge in [-0.1, -0.05) is 138 Å². The summed E-state index contributed by atoms with van der Waals surface area (Å²) in [6.07, 6.45) is 39.3. The van der Waals surface area contributed by atoms with Gasteiger partial charge in [0.05, 0.1) is 25.9 Å². The number of esters is 2. The predicted molar refractivity (Wildman–Crippen MR) is 236 cm³/mol. The maximum Gasteiger partial charge on any atom is 0.472 e. The second-order valence-electron chi connectivity index (χ2n) is 14.4. The Hall–Kier alpha value is -2.48. The molecule has 4 atom stereocenters. The lowest BCUT2D eigenvalue weighted by Crippen LogP contribution is -2.29. The number of phosphoric acid groups is 2. The van der Waals surface area contributed by atoms with Crippen molar-refractivity contribution in [2.45, 2.75) is 167 Å². The van der Waals surface area contributed by atoms with E-state index in [0.29, 0.717) is 32.1 Å². The first-order chi connectivity index (χ1) is 28.8. The molecule has 0 bridgehead atoms. The standard InChI is InChI=1S/C44H76O14P2/c1-3-5-7-9-11-12-13-14-15-16-17-18-22-26-30-34-43(47)54-38-42(39-57-60(52,53)56-37-41(46)36-55-59(49,50)51)58-44(48)35-31-27-23-20-19-21-25-29-33-40(45)32-28-24-10-8-6-4-2/h6,8,12-13,20-21,23-25,28-29,33,40-42,45-46H,3-5,7,9-11,14-19,22,26-27,30-32,34-39H2,1-2H3,(H,52,53)(H2,49,50,51)/b8-6-,13-12-,23-20-,25-21-,28-24-,33-29+/t40?,41-,42+/m0/s1. The molecule has 0 rings (SSSR count). The minimum absolute atomic E-state index is 0.0173. The molecule has 0 aromatic heterocycles. The first-order valence-electron chi connectivity index (χ1n) is 21.7. The summed E-state index contributed by atoms with van der Waals surface area (Å²) in [5.74, 6) is -1.15. The summed E-state index contributed by atoms with van der Waals surface area (Å²) in [5, 5.41) is 19.8. The summed E-state index contributed by atoms with van der Waals surface area (Å²) >= 11 is 0. The molecule has 0 aliphatic rings. The van der Waals surface area contributed by atoms with Crippen LogP contribution in [0.25, 0.3) is 0 Å². The molecule has 346 valence electrons. The van der Waals surface area contributed by atoms with E-state index in [9.17, 15) is 33.8 Å². The Morgan fingerprint density at radius 3 is 1.80 bits per heavy atom. The molecule has 16 heteroatoms. The maximum atomic E-state index is 12.6. The van der Waals surface area contributed by atoms with E-state index in [1.54, 1.807) is 12.2 Å². The Morgan fingerprint density at radius 1 is 0.567 bits per heavy atom. The topological polar surface area (TPSA) is 216 Å². The highest BCUT2D eigenvalue weighted by Crippen LogP contribution is 2.43. The van der Waals surface area contributed by atoms with Gasteiger partial charge in [-0.2, -0.15) is 0 Å². The summed E-state index contributed by atoms with van der Waals surface area (Å²) in [5.41, 5.74) is 0. The zero-order chi connectivity index (χ0) is 44.6. The van der Waals surface area contributed by atoms with Crippen LogP contribution < -0.4 is 0 Å². The van der Waals surface area contributed by atoms with E-state index >= 15 is 0 Å². The lowest BCUT2D eigenvalue weighted by molar-refractivity contribution is -0.161. The second kappa shape index (κ2) is 39.4. The summed E-state index contributed by atoms with van der Waals surface area (Å²) in [6.45, 7) is 1.46. The number of aliphatic hydroxyl groups excluding tert-OH is 2. The average Bonchev–Trinajstić information content (AvgIpc) is 3.20. The molecule has 0 aromatic rings. The molecule has 2 unspecified atom stereocenters. The minimum Gasteiger partial charge on any atom is -0.462 e. The number of unbranched alkanes of at least 4 members (excludes halogenated alkanes) is 12. The van der Waals surface area contributed by atoms with E-state index in [4.69, 9.17) is 23.8 Å². The fourth-order valence-electron chi connectivity index (χ4n) is 5.34. The van der Waals surface area contributed by atoms with E-state index in [0.717, 1.165) is 44.9 Å². The highest BCUT2D eigenvalue weighted by Gasteiger charge is 2.28. The number of ether oxygens (including phenoxy) is 2. The van der Waals surface area contributed by atoms with Crippen molar-refractivity contribution in [3.8, 4) is 0 Å². The van der Waals surface area contributed by atoms with Crippen LogP contribution >= 0.6 is 15.6 Å². The first-order valence-corrected chi connectivity index (χ1v) is 24.8. The monoisotopic (exact) mass is 890 g/mol. The van der Waals surface area contributed by atoms with Crippen LogP contribution in [0.3, 0.4) is 0 Å². The Balaban J connectivity index is 4.70. The molecule has 0 aliphatic carbocycles. The SMILES string of the molecule is CC/C=C\C/C=C\CC(O)/C=C/C=C\C/C=C\CCCC(=O)O[C@H](COC(=O)CCCCCCCCC/C=C\CCCCCC)COP(=O)(O)OC[C@@H](O)COP(=O)(O)O. The van der Waals surface area contributed by atoms with E-state index in [2.05, 4.69) is 47.2 Å². The normalized spacial score (nSPS) is 15.2. The van der Waals surface area contributed by atoms with Crippen molar-refractivity contribution in [3.63, 3.8) is 0 Å². The van der Waals surface area contributed by atoms with Crippen LogP contribution in [0.15, 0.2) is 72.9 Å². The molecule has 0 heterocycles. The largest absolute Gasteiger partial charge is 0.472 e. The van der Waals surface area contributed by atoms with Gasteiger partial charge in [0.1, 0.15) is 12.7 Å². The third kappa shape index (κ3) is 42.2. The molecule has 5 N–H and O–H groups in total. The number of aliphatic hydroxyl groups is 2. The summed E-state index contributed by atoms with van der Waals surface area (Å²) < 4.78 is 47.7. The van der Waals surface area contributed by atoms with Gasteiger partial charge < -0.3 is 34.4 Å².